The highest BCUT2D eigenvalue weighted by Gasteiger charge is 2.39. The van der Waals surface area contributed by atoms with Crippen LogP contribution in [0.3, 0.4) is 0 Å². The average molecular weight is 449 g/mol. The van der Waals surface area contributed by atoms with E-state index in [-0.39, 0.29) is 11.9 Å². The van der Waals surface area contributed by atoms with Crippen LogP contribution in [0.5, 0.6) is 5.75 Å². The summed E-state index contributed by atoms with van der Waals surface area (Å²) >= 11 is 0. The lowest BCUT2D eigenvalue weighted by Crippen LogP contribution is -2.35. The van der Waals surface area contributed by atoms with Crippen molar-refractivity contribution in [3.63, 3.8) is 0 Å². The standard InChI is InChI=1S/C31H44O2/c1-3-5-6-8-23-10-19-30(20-11-23)33-31(32)26-15-13-25(14-16-26)28-18-17-27-21-24(7-4-2)9-12-29(27)22-28/h3-5,7,10-11,19-20,24-29H,6,8-9,12-18,21-22H2,1-2H3/b5-3+,7-4+. The molecule has 180 valence electrons. The van der Waals surface area contributed by atoms with Crippen molar-refractivity contribution >= 4 is 5.97 Å². The van der Waals surface area contributed by atoms with Crippen LogP contribution < -0.4 is 4.74 Å². The van der Waals surface area contributed by atoms with Gasteiger partial charge in [0, 0.05) is 0 Å². The fourth-order valence-corrected chi connectivity index (χ4v) is 7.00. The summed E-state index contributed by atoms with van der Waals surface area (Å²) in [4.78, 5) is 12.8. The molecule has 33 heavy (non-hydrogen) atoms. The quantitative estimate of drug-likeness (QED) is 0.238. The van der Waals surface area contributed by atoms with Gasteiger partial charge >= 0.3 is 5.97 Å². The van der Waals surface area contributed by atoms with Gasteiger partial charge in [0.05, 0.1) is 5.92 Å². The van der Waals surface area contributed by atoms with Gasteiger partial charge in [-0.3, -0.25) is 4.79 Å². The van der Waals surface area contributed by atoms with Crippen LogP contribution in [0.2, 0.25) is 0 Å². The summed E-state index contributed by atoms with van der Waals surface area (Å²) in [5.41, 5.74) is 1.29. The summed E-state index contributed by atoms with van der Waals surface area (Å²) in [6.07, 6.45) is 24.1. The molecule has 3 aliphatic rings. The van der Waals surface area contributed by atoms with Crippen LogP contribution in [-0.4, -0.2) is 5.97 Å². The number of benzene rings is 1. The Hall–Kier alpha value is -1.83. The third-order valence-corrected chi connectivity index (χ3v) is 8.91. The zero-order valence-corrected chi connectivity index (χ0v) is 20.9. The molecule has 3 saturated carbocycles. The summed E-state index contributed by atoms with van der Waals surface area (Å²) in [6, 6.07) is 8.09. The van der Waals surface area contributed by atoms with Crippen molar-refractivity contribution in [1.29, 1.82) is 0 Å². The zero-order valence-electron chi connectivity index (χ0n) is 20.9. The fourth-order valence-electron chi connectivity index (χ4n) is 7.00. The van der Waals surface area contributed by atoms with E-state index in [0.29, 0.717) is 5.75 Å². The molecule has 0 N–H and O–H groups in total. The van der Waals surface area contributed by atoms with E-state index in [0.717, 1.165) is 55.3 Å². The maximum absolute atomic E-state index is 12.8. The molecule has 4 rings (SSSR count). The van der Waals surface area contributed by atoms with Gasteiger partial charge in [-0.15, -0.1) is 0 Å². The monoisotopic (exact) mass is 448 g/mol. The van der Waals surface area contributed by atoms with Gasteiger partial charge in [0.25, 0.3) is 0 Å². The zero-order chi connectivity index (χ0) is 23.0. The van der Waals surface area contributed by atoms with Crippen molar-refractivity contribution in [3.05, 3.63) is 54.1 Å². The molecule has 0 bridgehead atoms. The van der Waals surface area contributed by atoms with Crippen LogP contribution in [-0.2, 0) is 11.2 Å². The minimum Gasteiger partial charge on any atom is -0.426 e. The van der Waals surface area contributed by atoms with Crippen LogP contribution in [0.4, 0.5) is 0 Å². The Morgan fingerprint density at radius 3 is 2.15 bits per heavy atom. The largest absolute Gasteiger partial charge is 0.426 e. The van der Waals surface area contributed by atoms with Gasteiger partial charge < -0.3 is 4.74 Å². The summed E-state index contributed by atoms with van der Waals surface area (Å²) < 4.78 is 5.76. The van der Waals surface area contributed by atoms with E-state index in [2.05, 4.69) is 50.3 Å². The average Bonchev–Trinajstić information content (AvgIpc) is 2.85. The van der Waals surface area contributed by atoms with Crippen LogP contribution >= 0.6 is 0 Å². The lowest BCUT2D eigenvalue weighted by molar-refractivity contribution is -0.140. The normalized spacial score (nSPS) is 32.7. The van der Waals surface area contributed by atoms with E-state index < -0.39 is 0 Å². The van der Waals surface area contributed by atoms with Crippen molar-refractivity contribution in [2.75, 3.05) is 0 Å². The molecular formula is C31H44O2. The number of fused-ring (bicyclic) bond motifs is 1. The van der Waals surface area contributed by atoms with E-state index >= 15 is 0 Å². The van der Waals surface area contributed by atoms with Gasteiger partial charge in [0.1, 0.15) is 5.75 Å². The lowest BCUT2D eigenvalue weighted by Gasteiger charge is -2.45. The van der Waals surface area contributed by atoms with E-state index in [1.165, 1.54) is 56.9 Å². The number of carbonyl (C=O) groups excluding carboxylic acids is 1. The molecule has 0 spiro atoms. The molecule has 4 unspecified atom stereocenters. The van der Waals surface area contributed by atoms with E-state index in [1.54, 1.807) is 0 Å². The first kappa shape index (κ1) is 24.3. The van der Waals surface area contributed by atoms with Crippen LogP contribution in [0.15, 0.2) is 48.6 Å². The van der Waals surface area contributed by atoms with Crippen LogP contribution in [0.25, 0.3) is 0 Å². The first-order valence-corrected chi connectivity index (χ1v) is 13.7. The van der Waals surface area contributed by atoms with Gasteiger partial charge in [-0.25, -0.2) is 0 Å². The third kappa shape index (κ3) is 6.61. The Balaban J connectivity index is 1.20. The molecule has 0 amide bonds. The van der Waals surface area contributed by atoms with Crippen molar-refractivity contribution in [3.8, 4) is 5.75 Å². The number of hydrogen-bond donors (Lipinski definition) is 0. The molecule has 4 atom stereocenters. The maximum atomic E-state index is 12.8. The minimum absolute atomic E-state index is 0.0128. The van der Waals surface area contributed by atoms with Gasteiger partial charge in [-0.05, 0) is 138 Å². The van der Waals surface area contributed by atoms with Crippen LogP contribution in [0, 0.1) is 35.5 Å². The Bertz CT molecular complexity index is 797. The van der Waals surface area contributed by atoms with E-state index in [4.69, 9.17) is 4.74 Å². The van der Waals surface area contributed by atoms with Crippen molar-refractivity contribution in [2.24, 2.45) is 35.5 Å². The fraction of sp³-hybridized carbons (Fsp3) is 0.645. The Labute approximate surface area is 201 Å². The van der Waals surface area contributed by atoms with Gasteiger partial charge in [0.15, 0.2) is 0 Å². The number of aryl methyl sites for hydroxylation is 1. The summed E-state index contributed by atoms with van der Waals surface area (Å²) in [7, 11) is 0. The Morgan fingerprint density at radius 1 is 0.818 bits per heavy atom. The molecule has 0 heterocycles. The first-order valence-electron chi connectivity index (χ1n) is 13.7. The predicted octanol–water partition coefficient (Wildman–Crippen LogP) is 8.32. The molecule has 1 aromatic carbocycles. The van der Waals surface area contributed by atoms with Crippen molar-refractivity contribution in [1.82, 2.24) is 0 Å². The molecule has 2 nitrogen and oxygen atoms in total. The SMILES string of the molecule is C/C=C/CCc1ccc(OC(=O)C2CCC(C3CCC4CC(/C=C/C)CCC4C3)CC2)cc1. The molecule has 3 aliphatic carbocycles. The Morgan fingerprint density at radius 2 is 1.45 bits per heavy atom. The maximum Gasteiger partial charge on any atom is 0.314 e. The smallest absolute Gasteiger partial charge is 0.314 e. The van der Waals surface area contributed by atoms with Crippen LogP contribution in [0.1, 0.15) is 90.0 Å². The second-order valence-electron chi connectivity index (χ2n) is 11.0. The van der Waals surface area contributed by atoms with Crippen molar-refractivity contribution in [2.45, 2.75) is 90.9 Å². The number of allylic oxidation sites excluding steroid dienone is 4. The highest BCUT2D eigenvalue weighted by Crippen LogP contribution is 2.49. The topological polar surface area (TPSA) is 26.3 Å². The second kappa shape index (κ2) is 12.0. The minimum atomic E-state index is -0.0128. The van der Waals surface area contributed by atoms with Gasteiger partial charge in [-0.1, -0.05) is 36.4 Å². The second-order valence-corrected chi connectivity index (χ2v) is 11.0. The predicted molar refractivity (Wildman–Crippen MR) is 137 cm³/mol. The molecular weight excluding hydrogens is 404 g/mol. The molecule has 0 radical (unpaired) electrons. The molecule has 0 saturated heterocycles. The summed E-state index contributed by atoms with van der Waals surface area (Å²) in [5.74, 6) is 5.28. The molecule has 0 aromatic heterocycles. The van der Waals surface area contributed by atoms with Gasteiger partial charge in [0.2, 0.25) is 0 Å². The highest BCUT2D eigenvalue weighted by molar-refractivity contribution is 5.75. The van der Waals surface area contributed by atoms with E-state index in [1.807, 2.05) is 12.1 Å². The molecule has 2 heteroatoms. The lowest BCUT2D eigenvalue weighted by atomic mass is 9.61. The summed E-state index contributed by atoms with van der Waals surface area (Å²) in [6.45, 7) is 4.22. The first-order chi connectivity index (χ1) is 16.2. The molecule has 1 aromatic rings. The third-order valence-electron chi connectivity index (χ3n) is 8.91. The Kier molecular flexibility index (Phi) is 8.87. The van der Waals surface area contributed by atoms with E-state index in [9.17, 15) is 4.79 Å². The number of ether oxygens (including phenoxy) is 1. The highest BCUT2D eigenvalue weighted by atomic mass is 16.5. The van der Waals surface area contributed by atoms with Crippen molar-refractivity contribution < 1.29 is 9.53 Å². The molecule has 0 aliphatic heterocycles. The number of rotatable bonds is 7. The summed E-state index contributed by atoms with van der Waals surface area (Å²) in [5, 5.41) is 0. The molecule has 3 fully saturated rings. The number of hydrogen-bond acceptors (Lipinski definition) is 2. The number of carbonyl (C=O) groups is 1. The van der Waals surface area contributed by atoms with Gasteiger partial charge in [-0.2, -0.15) is 0 Å². The number of esters is 1.